The van der Waals surface area contributed by atoms with E-state index < -0.39 is 0 Å². The summed E-state index contributed by atoms with van der Waals surface area (Å²) in [4.78, 5) is 8.76. The van der Waals surface area contributed by atoms with Crippen LogP contribution in [0.4, 0.5) is 4.39 Å². The lowest BCUT2D eigenvalue weighted by molar-refractivity contribution is 0.630. The lowest BCUT2D eigenvalue weighted by Gasteiger charge is -2.06. The summed E-state index contributed by atoms with van der Waals surface area (Å²) in [6.07, 6.45) is 2.22. The second-order valence-corrected chi connectivity index (χ2v) is 5.58. The Bertz CT molecular complexity index is 614. The van der Waals surface area contributed by atoms with Gasteiger partial charge in [0.15, 0.2) is 0 Å². The molecular weight excluding hydrogens is 319 g/mol. The summed E-state index contributed by atoms with van der Waals surface area (Å²) in [5.41, 5.74) is 1.04. The lowest BCUT2D eigenvalue weighted by Crippen LogP contribution is -1.97. The van der Waals surface area contributed by atoms with Crippen LogP contribution in [0, 0.1) is 5.82 Å². The number of benzene rings is 1. The molecule has 2 aromatic rings. The summed E-state index contributed by atoms with van der Waals surface area (Å²) in [5.74, 6) is 0.847. The lowest BCUT2D eigenvalue weighted by atomic mass is 10.1. The van der Waals surface area contributed by atoms with Gasteiger partial charge in [-0.2, -0.15) is 0 Å². The molecular formula is C13H9BrClFN2. The molecule has 5 heteroatoms. The second-order valence-electron chi connectivity index (χ2n) is 4.33. The number of hydrogen-bond donors (Lipinski definition) is 0. The van der Waals surface area contributed by atoms with Gasteiger partial charge in [0.25, 0.3) is 0 Å². The van der Waals surface area contributed by atoms with Gasteiger partial charge >= 0.3 is 0 Å². The summed E-state index contributed by atoms with van der Waals surface area (Å²) in [6, 6.07) is 6.32. The average molecular weight is 328 g/mol. The topological polar surface area (TPSA) is 25.8 Å². The molecule has 1 saturated carbocycles. The van der Waals surface area contributed by atoms with Crippen molar-refractivity contribution in [2.24, 2.45) is 0 Å². The Morgan fingerprint density at radius 2 is 2.00 bits per heavy atom. The first-order valence-electron chi connectivity index (χ1n) is 5.63. The molecule has 1 aliphatic rings. The van der Waals surface area contributed by atoms with Crippen molar-refractivity contribution >= 4 is 27.5 Å². The summed E-state index contributed by atoms with van der Waals surface area (Å²) in [7, 11) is 0. The number of rotatable bonds is 2. The van der Waals surface area contributed by atoms with Crippen LogP contribution in [0.5, 0.6) is 0 Å². The van der Waals surface area contributed by atoms with E-state index in [2.05, 4.69) is 25.9 Å². The van der Waals surface area contributed by atoms with Gasteiger partial charge in [-0.05, 0) is 53.0 Å². The minimum Gasteiger partial charge on any atom is -0.232 e. The fourth-order valence-electron chi connectivity index (χ4n) is 1.79. The van der Waals surface area contributed by atoms with Gasteiger partial charge < -0.3 is 0 Å². The van der Waals surface area contributed by atoms with Gasteiger partial charge in [-0.1, -0.05) is 11.6 Å². The van der Waals surface area contributed by atoms with Gasteiger partial charge in [0.2, 0.25) is 0 Å². The first-order valence-corrected chi connectivity index (χ1v) is 6.80. The molecule has 3 rings (SSSR count). The van der Waals surface area contributed by atoms with Crippen molar-refractivity contribution in [2.75, 3.05) is 0 Å². The highest BCUT2D eigenvalue weighted by molar-refractivity contribution is 9.10. The van der Waals surface area contributed by atoms with E-state index in [9.17, 15) is 4.39 Å². The predicted molar refractivity (Wildman–Crippen MR) is 72.1 cm³/mol. The maximum atomic E-state index is 13.9. The smallest absolute Gasteiger partial charge is 0.134 e. The Labute approximate surface area is 117 Å². The average Bonchev–Trinajstić information content (AvgIpc) is 3.11. The molecule has 1 aromatic carbocycles. The fourth-order valence-corrected chi connectivity index (χ4v) is 2.35. The molecule has 2 nitrogen and oxygen atoms in total. The molecule has 0 amide bonds. The minimum atomic E-state index is -0.366. The molecule has 1 aromatic heterocycles. The third kappa shape index (κ3) is 2.40. The van der Waals surface area contributed by atoms with Crippen LogP contribution < -0.4 is 0 Å². The SMILES string of the molecule is Fc1cc(Cl)ccc1-c1cc(Br)nc(C2CC2)n1. The molecule has 0 bridgehead atoms. The van der Waals surface area contributed by atoms with Crippen molar-refractivity contribution in [3.05, 3.63) is 45.5 Å². The molecule has 92 valence electrons. The maximum absolute atomic E-state index is 13.9. The number of halogens is 3. The Morgan fingerprint density at radius 1 is 1.22 bits per heavy atom. The summed E-state index contributed by atoms with van der Waals surface area (Å²) < 4.78 is 14.5. The Hall–Kier alpha value is -1.00. The van der Waals surface area contributed by atoms with Crippen LogP contribution in [0.1, 0.15) is 24.6 Å². The van der Waals surface area contributed by atoms with Gasteiger partial charge in [-0.3, -0.25) is 0 Å². The van der Waals surface area contributed by atoms with Gasteiger partial charge in [0, 0.05) is 16.5 Å². The van der Waals surface area contributed by atoms with Crippen LogP contribution in [0.2, 0.25) is 5.02 Å². The van der Waals surface area contributed by atoms with E-state index in [0.717, 1.165) is 18.7 Å². The predicted octanol–water partition coefficient (Wildman–Crippen LogP) is 4.58. The van der Waals surface area contributed by atoms with E-state index in [-0.39, 0.29) is 5.82 Å². The van der Waals surface area contributed by atoms with Crippen LogP contribution in [0.15, 0.2) is 28.9 Å². The number of nitrogens with zero attached hydrogens (tertiary/aromatic N) is 2. The van der Waals surface area contributed by atoms with Gasteiger partial charge in [0.05, 0.1) is 5.69 Å². The maximum Gasteiger partial charge on any atom is 0.134 e. The molecule has 18 heavy (non-hydrogen) atoms. The monoisotopic (exact) mass is 326 g/mol. The molecule has 0 spiro atoms. The van der Waals surface area contributed by atoms with E-state index in [1.54, 1.807) is 18.2 Å². The van der Waals surface area contributed by atoms with Crippen molar-refractivity contribution in [3.63, 3.8) is 0 Å². The van der Waals surface area contributed by atoms with Crippen LogP contribution in [0.3, 0.4) is 0 Å². The highest BCUT2D eigenvalue weighted by Crippen LogP contribution is 2.39. The standard InChI is InChI=1S/C13H9BrClFN2/c14-12-6-11(17-13(18-12)7-1-2-7)9-4-3-8(15)5-10(9)16/h3-7H,1-2H2. The molecule has 0 atom stereocenters. The van der Waals surface area contributed by atoms with Crippen LogP contribution in [-0.2, 0) is 0 Å². The van der Waals surface area contributed by atoms with Crippen molar-refractivity contribution in [1.29, 1.82) is 0 Å². The Morgan fingerprint density at radius 3 is 2.67 bits per heavy atom. The molecule has 0 radical (unpaired) electrons. The number of aromatic nitrogens is 2. The van der Waals surface area contributed by atoms with Crippen LogP contribution >= 0.6 is 27.5 Å². The highest BCUT2D eigenvalue weighted by atomic mass is 79.9. The molecule has 1 heterocycles. The molecule has 0 N–H and O–H groups in total. The van der Waals surface area contributed by atoms with Crippen molar-refractivity contribution < 1.29 is 4.39 Å². The third-order valence-corrected chi connectivity index (χ3v) is 3.50. The summed E-state index contributed by atoms with van der Waals surface area (Å²) in [6.45, 7) is 0. The molecule has 0 aliphatic heterocycles. The zero-order valence-corrected chi connectivity index (χ0v) is 11.7. The molecule has 1 fully saturated rings. The third-order valence-electron chi connectivity index (χ3n) is 2.86. The Balaban J connectivity index is 2.10. The molecule has 0 unspecified atom stereocenters. The van der Waals surface area contributed by atoms with Gasteiger partial charge in [-0.25, -0.2) is 14.4 Å². The van der Waals surface area contributed by atoms with E-state index >= 15 is 0 Å². The normalized spacial score (nSPS) is 14.8. The van der Waals surface area contributed by atoms with Gasteiger partial charge in [0.1, 0.15) is 16.2 Å². The first kappa shape index (κ1) is 12.1. The summed E-state index contributed by atoms with van der Waals surface area (Å²) in [5, 5.41) is 0.381. The van der Waals surface area contributed by atoms with Crippen LogP contribution in [-0.4, -0.2) is 9.97 Å². The van der Waals surface area contributed by atoms with E-state index in [1.807, 2.05) is 0 Å². The zero-order chi connectivity index (χ0) is 12.7. The van der Waals surface area contributed by atoms with E-state index in [0.29, 0.717) is 26.8 Å². The van der Waals surface area contributed by atoms with E-state index in [1.165, 1.54) is 6.07 Å². The van der Waals surface area contributed by atoms with Crippen LogP contribution in [0.25, 0.3) is 11.3 Å². The summed E-state index contributed by atoms with van der Waals surface area (Å²) >= 11 is 9.09. The largest absolute Gasteiger partial charge is 0.232 e. The van der Waals surface area contributed by atoms with Crippen molar-refractivity contribution in [3.8, 4) is 11.3 Å². The minimum absolute atomic E-state index is 0.366. The highest BCUT2D eigenvalue weighted by Gasteiger charge is 2.27. The Kier molecular flexibility index (Phi) is 3.08. The molecule has 1 aliphatic carbocycles. The fraction of sp³-hybridized carbons (Fsp3) is 0.231. The second kappa shape index (κ2) is 4.59. The quantitative estimate of drug-likeness (QED) is 0.755. The first-order chi connectivity index (χ1) is 8.63. The van der Waals surface area contributed by atoms with Crippen molar-refractivity contribution in [1.82, 2.24) is 9.97 Å². The molecule has 0 saturated heterocycles. The number of hydrogen-bond acceptors (Lipinski definition) is 2. The van der Waals surface area contributed by atoms with Crippen molar-refractivity contribution in [2.45, 2.75) is 18.8 Å². The zero-order valence-electron chi connectivity index (χ0n) is 9.33. The van der Waals surface area contributed by atoms with Gasteiger partial charge in [-0.15, -0.1) is 0 Å². The van der Waals surface area contributed by atoms with E-state index in [4.69, 9.17) is 11.6 Å².